The molecule has 3 unspecified atom stereocenters. The van der Waals surface area contributed by atoms with Gasteiger partial charge in [0, 0.05) is 6.54 Å². The molecule has 2 heterocycles. The second kappa shape index (κ2) is 6.45. The maximum Gasteiger partial charge on any atom is 0.232 e. The SMILES string of the molecule is CCN(CC)CC(N)c1noc(C2COC(C)C2)n1. The molecule has 6 nitrogen and oxygen atoms in total. The van der Waals surface area contributed by atoms with E-state index in [-0.39, 0.29) is 18.1 Å². The fourth-order valence-electron chi connectivity index (χ4n) is 2.39. The van der Waals surface area contributed by atoms with Crippen molar-refractivity contribution in [1.82, 2.24) is 15.0 Å². The maximum absolute atomic E-state index is 6.13. The quantitative estimate of drug-likeness (QED) is 0.838. The predicted molar refractivity (Wildman–Crippen MR) is 71.8 cm³/mol. The third-order valence-electron chi connectivity index (χ3n) is 3.69. The number of ether oxygens (including phenoxy) is 1. The van der Waals surface area contributed by atoms with Gasteiger partial charge in [0.15, 0.2) is 5.82 Å². The average molecular weight is 268 g/mol. The normalized spacial score (nSPS) is 25.1. The van der Waals surface area contributed by atoms with Crippen molar-refractivity contribution in [2.75, 3.05) is 26.2 Å². The molecule has 1 aromatic heterocycles. The summed E-state index contributed by atoms with van der Waals surface area (Å²) in [6.07, 6.45) is 1.21. The highest BCUT2D eigenvalue weighted by molar-refractivity contribution is 5.00. The van der Waals surface area contributed by atoms with E-state index in [1.165, 1.54) is 0 Å². The summed E-state index contributed by atoms with van der Waals surface area (Å²) in [6.45, 7) is 9.66. The Hall–Kier alpha value is -0.980. The fraction of sp³-hybridized carbons (Fsp3) is 0.846. The zero-order chi connectivity index (χ0) is 13.8. The monoisotopic (exact) mass is 268 g/mol. The van der Waals surface area contributed by atoms with Gasteiger partial charge in [-0.15, -0.1) is 0 Å². The predicted octanol–water partition coefficient (Wildman–Crippen LogP) is 1.30. The Kier molecular flexibility index (Phi) is 4.90. The van der Waals surface area contributed by atoms with E-state index in [1.54, 1.807) is 0 Å². The minimum Gasteiger partial charge on any atom is -0.378 e. The van der Waals surface area contributed by atoms with Crippen LogP contribution in [0.5, 0.6) is 0 Å². The van der Waals surface area contributed by atoms with E-state index in [1.807, 2.05) is 0 Å². The molecule has 3 atom stereocenters. The molecule has 6 heteroatoms. The van der Waals surface area contributed by atoms with Crippen molar-refractivity contribution in [1.29, 1.82) is 0 Å². The first-order valence-corrected chi connectivity index (χ1v) is 7.07. The molecule has 2 rings (SSSR count). The molecule has 108 valence electrons. The van der Waals surface area contributed by atoms with Crippen LogP contribution in [0, 0.1) is 0 Å². The fourth-order valence-corrected chi connectivity index (χ4v) is 2.39. The summed E-state index contributed by atoms with van der Waals surface area (Å²) in [5.41, 5.74) is 6.13. The van der Waals surface area contributed by atoms with Crippen LogP contribution in [0.2, 0.25) is 0 Å². The molecule has 0 amide bonds. The average Bonchev–Trinajstić information content (AvgIpc) is 3.04. The summed E-state index contributed by atoms with van der Waals surface area (Å²) in [5, 5.41) is 4.01. The van der Waals surface area contributed by atoms with Crippen LogP contribution in [-0.4, -0.2) is 47.4 Å². The van der Waals surface area contributed by atoms with Crippen LogP contribution in [-0.2, 0) is 4.74 Å². The second-order valence-electron chi connectivity index (χ2n) is 5.16. The minimum absolute atomic E-state index is 0.197. The third kappa shape index (κ3) is 3.52. The van der Waals surface area contributed by atoms with Crippen molar-refractivity contribution in [3.8, 4) is 0 Å². The van der Waals surface area contributed by atoms with Gasteiger partial charge in [0.25, 0.3) is 0 Å². The Bertz CT molecular complexity index is 392. The lowest BCUT2D eigenvalue weighted by atomic mass is 10.1. The smallest absolute Gasteiger partial charge is 0.232 e. The largest absolute Gasteiger partial charge is 0.378 e. The van der Waals surface area contributed by atoms with Gasteiger partial charge < -0.3 is 19.9 Å². The lowest BCUT2D eigenvalue weighted by molar-refractivity contribution is 0.122. The van der Waals surface area contributed by atoms with Crippen LogP contribution < -0.4 is 5.73 Å². The lowest BCUT2D eigenvalue weighted by Crippen LogP contribution is -2.32. The molecular weight excluding hydrogens is 244 g/mol. The van der Waals surface area contributed by atoms with Gasteiger partial charge in [0.2, 0.25) is 5.89 Å². The van der Waals surface area contributed by atoms with Crippen LogP contribution in [0.4, 0.5) is 0 Å². The Morgan fingerprint density at radius 3 is 2.74 bits per heavy atom. The number of hydrogen-bond acceptors (Lipinski definition) is 6. The van der Waals surface area contributed by atoms with Gasteiger partial charge in [-0.3, -0.25) is 0 Å². The number of nitrogens with zero attached hydrogens (tertiary/aromatic N) is 3. The number of rotatable bonds is 6. The van der Waals surface area contributed by atoms with Gasteiger partial charge in [0.05, 0.1) is 24.7 Å². The first kappa shape index (κ1) is 14.4. The van der Waals surface area contributed by atoms with Crippen LogP contribution in [0.1, 0.15) is 50.9 Å². The van der Waals surface area contributed by atoms with E-state index in [0.29, 0.717) is 18.3 Å². The molecule has 1 aliphatic rings. The Morgan fingerprint density at radius 2 is 2.16 bits per heavy atom. The van der Waals surface area contributed by atoms with Crippen molar-refractivity contribution >= 4 is 0 Å². The van der Waals surface area contributed by atoms with Gasteiger partial charge in [-0.05, 0) is 26.4 Å². The number of likely N-dealkylation sites (N-methyl/N-ethyl adjacent to an activating group) is 1. The highest BCUT2D eigenvalue weighted by Crippen LogP contribution is 2.28. The van der Waals surface area contributed by atoms with E-state index in [9.17, 15) is 0 Å². The minimum atomic E-state index is -0.197. The molecule has 1 aromatic rings. The number of nitrogens with two attached hydrogens (primary N) is 1. The Morgan fingerprint density at radius 1 is 1.42 bits per heavy atom. The Balaban J connectivity index is 1.96. The lowest BCUT2D eigenvalue weighted by Gasteiger charge is -2.20. The Labute approximate surface area is 114 Å². The highest BCUT2D eigenvalue weighted by atomic mass is 16.5. The molecule has 0 aromatic carbocycles. The van der Waals surface area contributed by atoms with Gasteiger partial charge in [-0.1, -0.05) is 19.0 Å². The third-order valence-corrected chi connectivity index (χ3v) is 3.69. The summed E-state index contributed by atoms with van der Waals surface area (Å²) in [7, 11) is 0. The van der Waals surface area contributed by atoms with Gasteiger partial charge in [-0.2, -0.15) is 4.98 Å². The summed E-state index contributed by atoms with van der Waals surface area (Å²) < 4.78 is 10.8. The molecule has 0 spiro atoms. The molecule has 0 saturated carbocycles. The molecule has 1 fully saturated rings. The van der Waals surface area contributed by atoms with Gasteiger partial charge in [-0.25, -0.2) is 0 Å². The first-order chi connectivity index (χ1) is 9.13. The van der Waals surface area contributed by atoms with E-state index >= 15 is 0 Å². The molecule has 2 N–H and O–H groups in total. The molecule has 19 heavy (non-hydrogen) atoms. The van der Waals surface area contributed by atoms with Crippen molar-refractivity contribution < 1.29 is 9.26 Å². The highest BCUT2D eigenvalue weighted by Gasteiger charge is 2.29. The standard InChI is InChI=1S/C13H24N4O2/c1-4-17(5-2)7-11(14)12-15-13(19-16-12)10-6-9(3)18-8-10/h9-11H,4-8,14H2,1-3H3. The maximum atomic E-state index is 6.13. The topological polar surface area (TPSA) is 77.4 Å². The van der Waals surface area contributed by atoms with Crippen molar-refractivity contribution in [2.45, 2.75) is 45.3 Å². The zero-order valence-corrected chi connectivity index (χ0v) is 12.0. The summed E-state index contributed by atoms with van der Waals surface area (Å²) in [6, 6.07) is -0.197. The molecule has 1 saturated heterocycles. The van der Waals surface area contributed by atoms with Gasteiger partial charge in [0.1, 0.15) is 0 Å². The van der Waals surface area contributed by atoms with Crippen LogP contribution in [0.15, 0.2) is 4.52 Å². The van der Waals surface area contributed by atoms with Crippen LogP contribution in [0.25, 0.3) is 0 Å². The molecule has 0 radical (unpaired) electrons. The molecule has 0 bridgehead atoms. The van der Waals surface area contributed by atoms with E-state index < -0.39 is 0 Å². The van der Waals surface area contributed by atoms with E-state index in [4.69, 9.17) is 15.0 Å². The summed E-state index contributed by atoms with van der Waals surface area (Å²) >= 11 is 0. The van der Waals surface area contributed by atoms with E-state index in [0.717, 1.165) is 26.1 Å². The van der Waals surface area contributed by atoms with Crippen molar-refractivity contribution in [3.63, 3.8) is 0 Å². The first-order valence-electron chi connectivity index (χ1n) is 7.07. The van der Waals surface area contributed by atoms with Crippen molar-refractivity contribution in [2.24, 2.45) is 5.73 Å². The van der Waals surface area contributed by atoms with Crippen molar-refractivity contribution in [3.05, 3.63) is 11.7 Å². The van der Waals surface area contributed by atoms with E-state index in [2.05, 4.69) is 35.8 Å². The summed E-state index contributed by atoms with van der Waals surface area (Å²) in [4.78, 5) is 6.69. The molecule has 0 aliphatic carbocycles. The number of hydrogen-bond donors (Lipinski definition) is 1. The van der Waals surface area contributed by atoms with Crippen LogP contribution in [0.3, 0.4) is 0 Å². The number of aromatic nitrogens is 2. The van der Waals surface area contributed by atoms with Gasteiger partial charge >= 0.3 is 0 Å². The van der Waals surface area contributed by atoms with Crippen LogP contribution >= 0.6 is 0 Å². The second-order valence-corrected chi connectivity index (χ2v) is 5.16. The molecular formula is C13H24N4O2. The summed E-state index contributed by atoms with van der Waals surface area (Å²) in [5.74, 6) is 1.48. The molecule has 1 aliphatic heterocycles. The zero-order valence-electron chi connectivity index (χ0n) is 12.0.